The fourth-order valence-electron chi connectivity index (χ4n) is 2.14. The highest BCUT2D eigenvalue weighted by molar-refractivity contribution is 7.92. The summed E-state index contributed by atoms with van der Waals surface area (Å²) in [5, 5.41) is 0. The molecule has 70 valence electrons. The third-order valence-electron chi connectivity index (χ3n) is 3.02. The lowest BCUT2D eigenvalue weighted by Gasteiger charge is -2.31. The fraction of sp³-hybridized carbons (Fsp3) is 1.00. The van der Waals surface area contributed by atoms with Gasteiger partial charge in [0.2, 0.25) is 0 Å². The molecular weight excluding hydrogens is 176 g/mol. The summed E-state index contributed by atoms with van der Waals surface area (Å²) in [5.41, 5.74) is 0. The van der Waals surface area contributed by atoms with Crippen LogP contribution in [-0.4, -0.2) is 32.1 Å². The van der Waals surface area contributed by atoms with Crippen molar-refractivity contribution in [1.82, 2.24) is 0 Å². The summed E-state index contributed by atoms with van der Waals surface area (Å²) < 4.78 is 28.2. The topological polar surface area (TPSA) is 43.4 Å². The molecule has 3 nitrogen and oxygen atoms in total. The Labute approximate surface area is 73.0 Å². The molecule has 0 N–H and O–H groups in total. The first-order chi connectivity index (χ1) is 5.66. The van der Waals surface area contributed by atoms with Crippen molar-refractivity contribution in [2.45, 2.75) is 30.4 Å². The SMILES string of the molecule is O=S1(=O)CCCCC12CCOC2. The molecule has 1 spiro atoms. The van der Waals surface area contributed by atoms with E-state index in [-0.39, 0.29) is 0 Å². The Bertz CT molecular complexity index is 262. The van der Waals surface area contributed by atoms with Crippen LogP contribution in [0.15, 0.2) is 0 Å². The van der Waals surface area contributed by atoms with Gasteiger partial charge < -0.3 is 4.74 Å². The van der Waals surface area contributed by atoms with Crippen molar-refractivity contribution < 1.29 is 13.2 Å². The number of hydrogen-bond acceptors (Lipinski definition) is 3. The summed E-state index contributed by atoms with van der Waals surface area (Å²) in [6.07, 6.45) is 3.41. The smallest absolute Gasteiger partial charge is 0.158 e. The van der Waals surface area contributed by atoms with E-state index in [9.17, 15) is 8.42 Å². The maximum atomic E-state index is 11.7. The molecule has 2 saturated heterocycles. The van der Waals surface area contributed by atoms with Gasteiger partial charge in [-0.15, -0.1) is 0 Å². The molecule has 0 aliphatic carbocycles. The number of rotatable bonds is 0. The van der Waals surface area contributed by atoms with E-state index in [1.54, 1.807) is 0 Å². The molecule has 1 unspecified atom stereocenters. The van der Waals surface area contributed by atoms with Crippen molar-refractivity contribution in [3.8, 4) is 0 Å². The zero-order valence-corrected chi connectivity index (χ0v) is 7.90. The second-order valence-corrected chi connectivity index (χ2v) is 6.27. The molecule has 0 saturated carbocycles. The zero-order valence-electron chi connectivity index (χ0n) is 7.08. The maximum absolute atomic E-state index is 11.7. The summed E-state index contributed by atoms with van der Waals surface area (Å²) in [6, 6.07) is 0. The highest BCUT2D eigenvalue weighted by atomic mass is 32.2. The maximum Gasteiger partial charge on any atom is 0.158 e. The lowest BCUT2D eigenvalue weighted by Crippen LogP contribution is -2.43. The van der Waals surface area contributed by atoms with E-state index in [1.807, 2.05) is 0 Å². The second kappa shape index (κ2) is 2.70. The minimum Gasteiger partial charge on any atom is -0.380 e. The van der Waals surface area contributed by atoms with Gasteiger partial charge in [-0.1, -0.05) is 6.42 Å². The Balaban J connectivity index is 2.32. The summed E-state index contributed by atoms with van der Waals surface area (Å²) in [4.78, 5) is 0. The van der Waals surface area contributed by atoms with Crippen molar-refractivity contribution in [1.29, 1.82) is 0 Å². The summed E-state index contributed by atoms with van der Waals surface area (Å²) in [7, 11) is -2.85. The Kier molecular flexibility index (Phi) is 1.92. The Morgan fingerprint density at radius 1 is 1.17 bits per heavy atom. The zero-order chi connectivity index (χ0) is 8.66. The average molecular weight is 190 g/mol. The van der Waals surface area contributed by atoms with Crippen molar-refractivity contribution in [3.63, 3.8) is 0 Å². The van der Waals surface area contributed by atoms with Crippen LogP contribution in [0, 0.1) is 0 Å². The first kappa shape index (κ1) is 8.51. The van der Waals surface area contributed by atoms with Gasteiger partial charge in [-0.2, -0.15) is 0 Å². The molecule has 0 aromatic rings. The molecule has 1 atom stereocenters. The van der Waals surface area contributed by atoms with Crippen LogP contribution in [-0.2, 0) is 14.6 Å². The highest BCUT2D eigenvalue weighted by Gasteiger charge is 2.47. The van der Waals surface area contributed by atoms with Crippen LogP contribution in [0.25, 0.3) is 0 Å². The van der Waals surface area contributed by atoms with Gasteiger partial charge in [0.1, 0.15) is 0 Å². The molecule has 0 aromatic carbocycles. The predicted molar refractivity (Wildman–Crippen MR) is 45.8 cm³/mol. The number of hydrogen-bond donors (Lipinski definition) is 0. The van der Waals surface area contributed by atoms with Crippen molar-refractivity contribution in [2.75, 3.05) is 19.0 Å². The van der Waals surface area contributed by atoms with Crippen LogP contribution < -0.4 is 0 Å². The first-order valence-electron chi connectivity index (χ1n) is 4.46. The largest absolute Gasteiger partial charge is 0.380 e. The van der Waals surface area contributed by atoms with Crippen LogP contribution in [0.4, 0.5) is 0 Å². The van der Waals surface area contributed by atoms with E-state index < -0.39 is 14.6 Å². The molecule has 0 aromatic heterocycles. The van der Waals surface area contributed by atoms with E-state index in [1.165, 1.54) is 0 Å². The van der Waals surface area contributed by atoms with Crippen molar-refractivity contribution in [3.05, 3.63) is 0 Å². The quantitative estimate of drug-likeness (QED) is 0.566. The predicted octanol–water partition coefficient (Wildman–Crippen LogP) is 0.744. The van der Waals surface area contributed by atoms with Gasteiger partial charge in [0, 0.05) is 6.61 Å². The van der Waals surface area contributed by atoms with Gasteiger partial charge in [0.25, 0.3) is 0 Å². The molecule has 2 aliphatic rings. The van der Waals surface area contributed by atoms with Crippen molar-refractivity contribution >= 4 is 9.84 Å². The second-order valence-electron chi connectivity index (χ2n) is 3.76. The van der Waals surface area contributed by atoms with Crippen LogP contribution in [0.1, 0.15) is 25.7 Å². The summed E-state index contributed by atoms with van der Waals surface area (Å²) >= 11 is 0. The van der Waals surface area contributed by atoms with Crippen LogP contribution in [0.2, 0.25) is 0 Å². The monoisotopic (exact) mass is 190 g/mol. The molecule has 0 radical (unpaired) electrons. The molecule has 0 bridgehead atoms. The minimum atomic E-state index is -2.85. The molecule has 12 heavy (non-hydrogen) atoms. The van der Waals surface area contributed by atoms with E-state index in [2.05, 4.69) is 0 Å². The highest BCUT2D eigenvalue weighted by Crippen LogP contribution is 2.37. The van der Waals surface area contributed by atoms with Crippen molar-refractivity contribution in [2.24, 2.45) is 0 Å². The Morgan fingerprint density at radius 3 is 2.58 bits per heavy atom. The molecule has 2 aliphatic heterocycles. The summed E-state index contributed by atoms with van der Waals surface area (Å²) in [5.74, 6) is 0.371. The molecule has 0 amide bonds. The third kappa shape index (κ3) is 1.09. The van der Waals surface area contributed by atoms with Gasteiger partial charge in [-0.3, -0.25) is 0 Å². The van der Waals surface area contributed by atoms with Crippen LogP contribution >= 0.6 is 0 Å². The lowest BCUT2D eigenvalue weighted by molar-refractivity contribution is 0.186. The minimum absolute atomic E-state index is 0.371. The average Bonchev–Trinajstić information content (AvgIpc) is 2.46. The van der Waals surface area contributed by atoms with Gasteiger partial charge in [0.05, 0.1) is 17.1 Å². The molecule has 2 fully saturated rings. The molecular formula is C8H14O3S. The standard InChI is InChI=1S/C8H14O3S/c9-12(10)6-2-1-3-8(12)4-5-11-7-8/h1-7H2. The first-order valence-corrected chi connectivity index (χ1v) is 6.12. The summed E-state index contributed by atoms with van der Waals surface area (Å²) in [6.45, 7) is 1.06. The Hall–Kier alpha value is -0.0900. The van der Waals surface area contributed by atoms with E-state index in [4.69, 9.17) is 4.74 Å². The third-order valence-corrected chi connectivity index (χ3v) is 5.69. The molecule has 2 heterocycles. The van der Waals surface area contributed by atoms with E-state index in [0.29, 0.717) is 19.0 Å². The van der Waals surface area contributed by atoms with Crippen LogP contribution in [0.3, 0.4) is 0 Å². The Morgan fingerprint density at radius 2 is 2.00 bits per heavy atom. The van der Waals surface area contributed by atoms with Gasteiger partial charge in [0.15, 0.2) is 9.84 Å². The van der Waals surface area contributed by atoms with Gasteiger partial charge >= 0.3 is 0 Å². The fourth-order valence-corrected chi connectivity index (χ4v) is 4.27. The number of sulfone groups is 1. The normalized spacial score (nSPS) is 40.3. The molecule has 2 rings (SSSR count). The van der Waals surface area contributed by atoms with Gasteiger partial charge in [-0.05, 0) is 19.3 Å². The van der Waals surface area contributed by atoms with Crippen LogP contribution in [0.5, 0.6) is 0 Å². The van der Waals surface area contributed by atoms with Gasteiger partial charge in [-0.25, -0.2) is 8.42 Å². The lowest BCUT2D eigenvalue weighted by atomic mass is 10.00. The molecule has 4 heteroatoms. The number of ether oxygens (including phenoxy) is 1. The van der Waals surface area contributed by atoms with E-state index >= 15 is 0 Å². The van der Waals surface area contributed by atoms with E-state index in [0.717, 1.165) is 25.7 Å².